The Morgan fingerprint density at radius 3 is 0.592 bits per heavy atom. The van der Waals surface area contributed by atoms with Crippen molar-refractivity contribution in [3.05, 3.63) is 432 Å². The van der Waals surface area contributed by atoms with Crippen molar-refractivity contribution in [2.75, 3.05) is 0 Å². The minimum Gasteiger partial charge on any atom is -0.278 e. The fourth-order valence-electron chi connectivity index (χ4n) is 22.4. The van der Waals surface area contributed by atoms with Gasteiger partial charge in [-0.2, -0.15) is 0 Å². The van der Waals surface area contributed by atoms with Gasteiger partial charge in [0.15, 0.2) is 0 Å². The number of hydrogen-bond donors (Lipinski definition) is 0. The summed E-state index contributed by atoms with van der Waals surface area (Å²) >= 11 is 0. The lowest BCUT2D eigenvalue weighted by molar-refractivity contribution is 1.10. The highest BCUT2D eigenvalue weighted by molar-refractivity contribution is 6.01. The molecule has 0 amide bonds. The van der Waals surface area contributed by atoms with Crippen molar-refractivity contribution in [1.82, 2.24) is 83.7 Å². The van der Waals surface area contributed by atoms with E-state index in [2.05, 4.69) is 381 Å². The first kappa shape index (κ1) is 72.9. The molecule has 18 heteroatoms. The smallest absolute Gasteiger partial charge is 0.220 e. The average molecular weight is 1840 g/mol. The summed E-state index contributed by atoms with van der Waals surface area (Å²) in [5.41, 5.74) is 44.3. The van der Waals surface area contributed by atoms with E-state index in [1.165, 1.54) is 0 Å². The highest BCUT2D eigenvalue weighted by Gasteiger charge is 2.28. The van der Waals surface area contributed by atoms with E-state index >= 15 is 0 Å². The third kappa shape index (κ3) is 12.0. The van der Waals surface area contributed by atoms with Gasteiger partial charge in [0.2, 0.25) is 34.7 Å². The Labute approximate surface area is 826 Å². The lowest BCUT2D eigenvalue weighted by atomic mass is 9.95. The van der Waals surface area contributed by atoms with Gasteiger partial charge < -0.3 is 0 Å². The Morgan fingerprint density at radius 1 is 0.155 bits per heavy atom. The van der Waals surface area contributed by atoms with Crippen molar-refractivity contribution in [2.45, 2.75) is 69.0 Å². The maximum Gasteiger partial charge on any atom is 0.220 e. The molecule has 12 heterocycles. The minimum atomic E-state index is -2.28. The molecule has 18 aromatic carbocycles. The van der Waals surface area contributed by atoms with E-state index < -0.39 is 20.6 Å². The molecule has 0 unspecified atom stereocenters. The van der Waals surface area contributed by atoms with Crippen LogP contribution in [-0.4, -0.2) is 83.7 Å². The van der Waals surface area contributed by atoms with E-state index in [-0.39, 0.29) is 16.7 Å². The Morgan fingerprint density at radius 2 is 0.352 bits per heavy atom. The van der Waals surface area contributed by atoms with Gasteiger partial charge >= 0.3 is 0 Å². The summed E-state index contributed by atoms with van der Waals surface area (Å²) in [5, 5.41) is 0. The fourth-order valence-corrected chi connectivity index (χ4v) is 22.4. The van der Waals surface area contributed by atoms with Crippen LogP contribution < -0.4 is 0 Å². The van der Waals surface area contributed by atoms with Crippen molar-refractivity contribution in [3.63, 3.8) is 0 Å². The summed E-state index contributed by atoms with van der Waals surface area (Å²) in [6, 6.07) is 129. The first-order valence-corrected chi connectivity index (χ1v) is 47.8. The molecule has 12 aromatic heterocycles. The second kappa shape index (κ2) is 31.0. The minimum absolute atomic E-state index is 0.253. The molecule has 0 saturated carbocycles. The van der Waals surface area contributed by atoms with Crippen molar-refractivity contribution in [3.8, 4) is 67.5 Å². The van der Waals surface area contributed by atoms with Gasteiger partial charge in [0.05, 0.1) is 132 Å². The summed E-state index contributed by atoms with van der Waals surface area (Å²) in [5.74, 6) is 4.71. The molecule has 0 spiro atoms. The van der Waals surface area contributed by atoms with Gasteiger partial charge in [-0.1, -0.05) is 194 Å². The summed E-state index contributed by atoms with van der Waals surface area (Å²) in [6.07, 6.45) is 0. The van der Waals surface area contributed by atoms with Crippen LogP contribution in [0.2, 0.25) is 0 Å². The standard InChI is InChI=1S/2C42H32N6.C40H28N6/c1-25-19-21-29(45-33-13-5-7-15-35(33)47-37-17-9-11-27(3)39(37)43-41(45)47)23-31(25)32-24-30(22-20-26(32)2)46-34-14-6-8-16-36(34)48-38-18-10-12-28(4)40(38)44-42(46)48;1-25-11-9-17-37-39(25)43-41-45(33-13-5-7-15-35(33)47(37)41)29-19-21-31(27(3)23-29)32-22-20-30(24-28(32)4)46-34-14-6-8-16-36(34)48-38-18-10-12-26(2)40(38)44-42(46)48;1-25-9-7-15-35-37(25)41-39-43(31-11-3-5-13-33(31)45(35)39)29-21-17-27(18-22-29)28-19-23-30(24-20-28)44-32-12-4-6-14-34(32)46-36-16-8-10-26(2)38(36)42-40(44)46/h2*5-24H,1-4H3;3-24H,1-2H3/i3D3;2*1D3. The molecule has 0 saturated heterocycles. The monoisotopic (exact) mass is 1840 g/mol. The lowest BCUT2D eigenvalue weighted by Crippen LogP contribution is -1.99. The molecule has 0 atom stereocenters. The number of fused-ring (bicyclic) bond motifs is 30. The van der Waals surface area contributed by atoms with Crippen LogP contribution in [0.25, 0.3) is 235 Å². The van der Waals surface area contributed by atoms with Crippen molar-refractivity contribution < 1.29 is 12.3 Å². The van der Waals surface area contributed by atoms with Crippen LogP contribution in [0.4, 0.5) is 0 Å². The third-order valence-corrected chi connectivity index (χ3v) is 29.1. The largest absolute Gasteiger partial charge is 0.278 e. The fraction of sp³-hybridized carbons (Fsp3) is 0.0806. The molecule has 0 fully saturated rings. The van der Waals surface area contributed by atoms with Crippen molar-refractivity contribution in [1.29, 1.82) is 0 Å². The molecule has 0 aliphatic rings. The summed E-state index contributed by atoms with van der Waals surface area (Å²) in [6.45, 7) is 8.14. The maximum atomic E-state index is 8.20. The first-order chi connectivity index (χ1) is 73.2. The normalized spacial score (nSPS) is 13.4. The molecule has 30 aromatic rings. The predicted octanol–water partition coefficient (Wildman–Crippen LogP) is 29.6. The van der Waals surface area contributed by atoms with Gasteiger partial charge in [-0.3, -0.25) is 53.8 Å². The van der Waals surface area contributed by atoms with E-state index in [0.29, 0.717) is 33.9 Å². The number of hydrogen-bond acceptors (Lipinski definition) is 6. The Bertz CT molecular complexity index is 11000. The van der Waals surface area contributed by atoms with E-state index in [4.69, 9.17) is 42.2 Å². The molecule has 18 nitrogen and oxygen atoms in total. The molecule has 0 bridgehead atoms. The number of aromatic nitrogens is 18. The van der Waals surface area contributed by atoms with Crippen LogP contribution in [0, 0.1) is 69.0 Å². The SMILES string of the molecule is [2H]C([2H])([2H])c1cccc2c1nc1n(-c3ccc(-c4ccc(-n5c6ccccc6n6c7cccc(C)c7nc56)cc4)cc3)c3ccccc3n21.[2H]C([2H])([2H])c1cccc2c1nc1n(-c3ccc(-c4ccc(-n5c6ccccc6n6c7cccc(C)c7nc56)cc4C)c(C)c3)c3ccccc3n21.[2H]C([2H])([2H])c1cccc2c1nc1n(-c3ccc(C)c(-c4cc(-n5c6ccccc6n6c7cccc(C)c7nc56)ccc4C)c3)c3ccccc3n21. The number of rotatable bonds is 9. The molecule has 142 heavy (non-hydrogen) atoms. The summed E-state index contributed by atoms with van der Waals surface area (Å²) in [4.78, 5) is 30.4. The Hall–Kier alpha value is -18.4. The highest BCUT2D eigenvalue weighted by atomic mass is 15.3. The molecular weight excluding hydrogens is 1740 g/mol. The zero-order chi connectivity index (χ0) is 103. The predicted molar refractivity (Wildman–Crippen MR) is 582 cm³/mol. The van der Waals surface area contributed by atoms with Crippen LogP contribution >= 0.6 is 0 Å². The molecule has 0 radical (unpaired) electrons. The quantitative estimate of drug-likeness (QED) is 0.141. The zero-order valence-electron chi connectivity index (χ0n) is 87.3. The van der Waals surface area contributed by atoms with E-state index in [1.54, 1.807) is 36.4 Å². The van der Waals surface area contributed by atoms with Gasteiger partial charge in [-0.05, 0) is 340 Å². The van der Waals surface area contributed by atoms with Crippen LogP contribution in [-0.2, 0) is 0 Å². The average Bonchev–Trinajstić information content (AvgIpc) is 1.57. The van der Waals surface area contributed by atoms with Crippen LogP contribution in [0.5, 0.6) is 0 Å². The topological polar surface area (TPSA) is 133 Å². The summed E-state index contributed by atoms with van der Waals surface area (Å²) in [7, 11) is 0. The number of imidazole rings is 12. The van der Waals surface area contributed by atoms with Crippen LogP contribution in [0.15, 0.2) is 376 Å². The van der Waals surface area contributed by atoms with Crippen molar-refractivity contribution in [2.24, 2.45) is 0 Å². The summed E-state index contributed by atoms with van der Waals surface area (Å²) < 4.78 is 99.4. The number of para-hydroxylation sites is 18. The van der Waals surface area contributed by atoms with E-state index in [0.717, 1.165) is 240 Å². The van der Waals surface area contributed by atoms with Gasteiger partial charge in [-0.25, -0.2) is 29.9 Å². The number of nitrogens with zero attached hydrogens (tertiary/aromatic N) is 18. The lowest BCUT2D eigenvalue weighted by Gasteiger charge is -2.15. The third-order valence-electron chi connectivity index (χ3n) is 29.1. The van der Waals surface area contributed by atoms with Crippen LogP contribution in [0.1, 0.15) is 68.0 Å². The second-order valence-electron chi connectivity index (χ2n) is 37.4. The Kier molecular flexibility index (Phi) is 15.9. The maximum absolute atomic E-state index is 8.20. The highest BCUT2D eigenvalue weighted by Crippen LogP contribution is 2.43. The zero-order valence-corrected chi connectivity index (χ0v) is 78.3. The molecule has 0 N–H and O–H groups in total. The number of benzene rings is 18. The van der Waals surface area contributed by atoms with Gasteiger partial charge in [0.1, 0.15) is 0 Å². The molecule has 0 aliphatic carbocycles. The Balaban J connectivity index is 0.000000109. The van der Waals surface area contributed by atoms with Crippen LogP contribution in [0.3, 0.4) is 0 Å². The number of aryl methyl sites for hydroxylation is 10. The molecule has 30 rings (SSSR count). The molecular formula is C124H92N18. The van der Waals surface area contributed by atoms with E-state index in [1.807, 2.05) is 60.7 Å². The second-order valence-corrected chi connectivity index (χ2v) is 37.4. The van der Waals surface area contributed by atoms with Gasteiger partial charge in [0, 0.05) is 46.5 Å². The molecule has 678 valence electrons. The van der Waals surface area contributed by atoms with Crippen molar-refractivity contribution >= 4 is 167 Å². The first-order valence-electron chi connectivity index (χ1n) is 52.3. The van der Waals surface area contributed by atoms with Gasteiger partial charge in [-0.15, -0.1) is 0 Å². The van der Waals surface area contributed by atoms with Gasteiger partial charge in [0.25, 0.3) is 0 Å². The molecule has 0 aliphatic heterocycles. The van der Waals surface area contributed by atoms with E-state index in [9.17, 15) is 0 Å².